The molecule has 0 amide bonds. The maximum absolute atomic E-state index is 5.21. The van der Waals surface area contributed by atoms with E-state index < -0.39 is 0 Å². The van der Waals surface area contributed by atoms with Crippen molar-refractivity contribution in [1.29, 1.82) is 0 Å². The minimum absolute atomic E-state index is 0. The van der Waals surface area contributed by atoms with Crippen molar-refractivity contribution >= 4 is 0 Å². The Labute approximate surface area is 85.2 Å². The fourth-order valence-electron chi connectivity index (χ4n) is 0.683. The van der Waals surface area contributed by atoms with Gasteiger partial charge in [-0.05, 0) is 19.1 Å². The zero-order valence-electron chi connectivity index (χ0n) is 7.50. The van der Waals surface area contributed by atoms with Gasteiger partial charge in [0.2, 0.25) is 0 Å². The molecular weight excluding hydrogens is 135 g/mol. The summed E-state index contributed by atoms with van der Waals surface area (Å²) in [7, 11) is 0. The average Bonchev–Trinajstić information content (AvgIpc) is 1.91. The van der Waals surface area contributed by atoms with Crippen LogP contribution in [-0.2, 0) is 0 Å². The van der Waals surface area contributed by atoms with Gasteiger partial charge in [-0.1, -0.05) is 18.2 Å². The van der Waals surface area contributed by atoms with Crippen LogP contribution in [0.1, 0.15) is 8.35 Å². The van der Waals surface area contributed by atoms with E-state index in [1.54, 1.807) is 0 Å². The molecule has 0 aliphatic carbocycles. The third-order valence-corrected chi connectivity index (χ3v) is 1.05. The summed E-state index contributed by atoms with van der Waals surface area (Å²) in [6.45, 7) is 2.72. The Morgan fingerprint density at radius 3 is 2.40 bits per heavy atom. The zero-order valence-corrected chi connectivity index (χ0v) is 8.50. The second-order valence-corrected chi connectivity index (χ2v) is 1.75. The Morgan fingerprint density at radius 2 is 1.90 bits per heavy atom. The van der Waals surface area contributed by atoms with Gasteiger partial charge >= 0.3 is 29.6 Å². The number of rotatable bonds is 2. The number of para-hydroxylation sites is 1. The minimum Gasteiger partial charge on any atom is -1.00 e. The summed E-state index contributed by atoms with van der Waals surface area (Å²) in [4.78, 5) is 0. The smallest absolute Gasteiger partial charge is 1.00 e. The van der Waals surface area contributed by atoms with Gasteiger partial charge in [0.1, 0.15) is 5.75 Å². The Balaban J connectivity index is 0. The van der Waals surface area contributed by atoms with Crippen LogP contribution in [0.5, 0.6) is 5.75 Å². The molecule has 0 saturated heterocycles. The summed E-state index contributed by atoms with van der Waals surface area (Å²) in [5.74, 6) is 0.944. The molecule has 0 radical (unpaired) electrons. The van der Waals surface area contributed by atoms with Gasteiger partial charge in [-0.25, -0.2) is 0 Å². The van der Waals surface area contributed by atoms with Gasteiger partial charge in [0.05, 0.1) is 6.61 Å². The molecule has 0 fully saturated rings. The molecule has 0 aliphatic heterocycles. The van der Waals surface area contributed by atoms with Crippen molar-refractivity contribution in [2.24, 2.45) is 0 Å². The van der Waals surface area contributed by atoms with E-state index in [-0.39, 0.29) is 31.0 Å². The van der Waals surface area contributed by atoms with Crippen LogP contribution >= 0.6 is 0 Å². The van der Waals surface area contributed by atoms with Crippen LogP contribution in [0, 0.1) is 0 Å². The van der Waals surface area contributed by atoms with Crippen molar-refractivity contribution in [3.05, 3.63) is 30.3 Å². The van der Waals surface area contributed by atoms with Crippen LogP contribution in [-0.4, -0.2) is 6.61 Å². The van der Waals surface area contributed by atoms with E-state index in [1.165, 1.54) is 0 Å². The zero-order chi connectivity index (χ0) is 6.53. The van der Waals surface area contributed by atoms with Gasteiger partial charge in [-0.3, -0.25) is 0 Å². The van der Waals surface area contributed by atoms with Gasteiger partial charge in [-0.15, -0.1) is 0 Å². The van der Waals surface area contributed by atoms with E-state index in [0.717, 1.165) is 12.4 Å². The fraction of sp³-hybridized carbons (Fsp3) is 0.250. The number of hydrogen-bond acceptors (Lipinski definition) is 1. The van der Waals surface area contributed by atoms with Gasteiger partial charge in [-0.2, -0.15) is 0 Å². The normalized spacial score (nSPS) is 8.10. The molecule has 0 atom stereocenters. The van der Waals surface area contributed by atoms with E-state index >= 15 is 0 Å². The number of benzene rings is 1. The van der Waals surface area contributed by atoms with E-state index in [4.69, 9.17) is 4.74 Å². The second kappa shape index (κ2) is 5.78. The Kier molecular flexibility index (Phi) is 5.79. The quantitative estimate of drug-likeness (QED) is 0.496. The molecule has 1 aromatic rings. The molecule has 0 aromatic heterocycles. The van der Waals surface area contributed by atoms with Gasteiger partial charge in [0, 0.05) is 0 Å². The van der Waals surface area contributed by atoms with Crippen molar-refractivity contribution in [1.82, 2.24) is 0 Å². The summed E-state index contributed by atoms with van der Waals surface area (Å²) in [6, 6.07) is 9.80. The molecule has 0 heterocycles. The van der Waals surface area contributed by atoms with Crippen LogP contribution in [0.4, 0.5) is 0 Å². The maximum atomic E-state index is 5.21. The summed E-state index contributed by atoms with van der Waals surface area (Å²) in [5, 5.41) is 0. The topological polar surface area (TPSA) is 9.23 Å². The van der Waals surface area contributed by atoms with Gasteiger partial charge < -0.3 is 6.16 Å². The van der Waals surface area contributed by atoms with Gasteiger partial charge in [0.25, 0.3) is 0 Å². The molecular formula is C8H11NaO. The molecule has 1 rings (SSSR count). The number of ether oxygens (including phenoxy) is 1. The summed E-state index contributed by atoms with van der Waals surface area (Å²) < 4.78 is 5.21. The van der Waals surface area contributed by atoms with Crippen molar-refractivity contribution in [3.8, 4) is 5.75 Å². The Bertz CT molecular complexity index is 167. The molecule has 0 spiro atoms. The SMILES string of the molecule is CCOc1ccccc1.[H-].[Na+]. The third kappa shape index (κ3) is 3.25. The monoisotopic (exact) mass is 146 g/mol. The first-order chi connectivity index (χ1) is 4.43. The third-order valence-electron chi connectivity index (χ3n) is 1.05. The molecule has 0 bridgehead atoms. The molecule has 50 valence electrons. The molecule has 1 nitrogen and oxygen atoms in total. The van der Waals surface area contributed by atoms with Crippen LogP contribution in [0.15, 0.2) is 30.3 Å². The standard InChI is InChI=1S/C8H10O.Na.H/c1-2-9-8-6-4-3-5-7-8;;/h3-7H,2H2,1H3;;/q;+1;-1. The predicted molar refractivity (Wildman–Crippen MR) is 38.7 cm³/mol. The molecule has 1 aromatic carbocycles. The largest absolute Gasteiger partial charge is 1.00 e. The van der Waals surface area contributed by atoms with Crippen LogP contribution < -0.4 is 34.3 Å². The number of hydrogen-bond donors (Lipinski definition) is 0. The van der Waals surface area contributed by atoms with Crippen molar-refractivity contribution in [3.63, 3.8) is 0 Å². The maximum Gasteiger partial charge on any atom is 1.00 e. The molecule has 0 N–H and O–H groups in total. The van der Waals surface area contributed by atoms with Crippen LogP contribution in [0.2, 0.25) is 0 Å². The van der Waals surface area contributed by atoms with Crippen molar-refractivity contribution in [2.45, 2.75) is 6.92 Å². The second-order valence-electron chi connectivity index (χ2n) is 1.75. The van der Waals surface area contributed by atoms with Gasteiger partial charge in [0.15, 0.2) is 0 Å². The summed E-state index contributed by atoms with van der Waals surface area (Å²) in [6.07, 6.45) is 0. The molecule has 0 unspecified atom stereocenters. The first-order valence-electron chi connectivity index (χ1n) is 3.11. The fourth-order valence-corrected chi connectivity index (χ4v) is 0.683. The van der Waals surface area contributed by atoms with Crippen LogP contribution in [0.25, 0.3) is 0 Å². The first kappa shape index (κ1) is 10.0. The van der Waals surface area contributed by atoms with E-state index in [9.17, 15) is 0 Å². The van der Waals surface area contributed by atoms with E-state index in [0.29, 0.717) is 0 Å². The average molecular weight is 146 g/mol. The Hall–Kier alpha value is 0.0200. The van der Waals surface area contributed by atoms with Crippen LogP contribution in [0.3, 0.4) is 0 Å². The van der Waals surface area contributed by atoms with Crippen molar-refractivity contribution in [2.75, 3.05) is 6.61 Å². The van der Waals surface area contributed by atoms with E-state index in [1.807, 2.05) is 37.3 Å². The van der Waals surface area contributed by atoms with E-state index in [2.05, 4.69) is 0 Å². The summed E-state index contributed by atoms with van der Waals surface area (Å²) in [5.41, 5.74) is 0. The minimum atomic E-state index is 0. The molecule has 10 heavy (non-hydrogen) atoms. The molecule has 0 saturated carbocycles. The first-order valence-corrected chi connectivity index (χ1v) is 3.11. The predicted octanol–water partition coefficient (Wildman–Crippen LogP) is -0.798. The van der Waals surface area contributed by atoms with Crippen molar-refractivity contribution < 1.29 is 35.7 Å². The molecule has 2 heteroatoms. The summed E-state index contributed by atoms with van der Waals surface area (Å²) >= 11 is 0. The molecule has 0 aliphatic rings. The Morgan fingerprint density at radius 1 is 1.30 bits per heavy atom.